The molecule has 0 radical (unpaired) electrons. The molecule has 33 heavy (non-hydrogen) atoms. The lowest BCUT2D eigenvalue weighted by atomic mass is 9.97. The van der Waals surface area contributed by atoms with Crippen molar-refractivity contribution in [2.45, 2.75) is 24.7 Å². The van der Waals surface area contributed by atoms with Crippen LogP contribution >= 0.6 is 0 Å². The Morgan fingerprint density at radius 3 is 2.39 bits per heavy atom. The highest BCUT2D eigenvalue weighted by Crippen LogP contribution is 2.32. The molecule has 3 rings (SSSR count). The molecule has 0 aliphatic carbocycles. The van der Waals surface area contributed by atoms with Crippen molar-refractivity contribution in [1.82, 2.24) is 9.21 Å². The first-order valence-electron chi connectivity index (χ1n) is 10.9. The summed E-state index contributed by atoms with van der Waals surface area (Å²) >= 11 is 0. The number of likely N-dealkylation sites (N-methyl/N-ethyl adjacent to an activating group) is 1. The Morgan fingerprint density at radius 1 is 1.06 bits per heavy atom. The third-order valence-corrected chi connectivity index (χ3v) is 7.75. The summed E-state index contributed by atoms with van der Waals surface area (Å²) in [6, 6.07) is 12.3. The molecule has 1 amide bonds. The second-order valence-electron chi connectivity index (χ2n) is 8.12. The summed E-state index contributed by atoms with van der Waals surface area (Å²) < 4.78 is 43.8. The maximum absolute atomic E-state index is 13.1. The van der Waals surface area contributed by atoms with E-state index in [2.05, 4.69) is 0 Å². The van der Waals surface area contributed by atoms with Crippen molar-refractivity contribution in [2.75, 3.05) is 47.5 Å². The van der Waals surface area contributed by atoms with Gasteiger partial charge in [-0.15, -0.1) is 0 Å². The number of benzene rings is 2. The average Bonchev–Trinajstić information content (AvgIpc) is 2.83. The second kappa shape index (κ2) is 10.9. The standard InChI is InChI=1S/C24H32N2O6S/c1-18-6-5-7-20(16-18)32-15-14-25(2)24(27)19-10-12-26(13-11-19)33(28,29)21-8-9-22(30-3)23(17-21)31-4/h5-9,16-17,19H,10-15H2,1-4H3. The first kappa shape index (κ1) is 24.9. The number of sulfonamides is 1. The summed E-state index contributed by atoms with van der Waals surface area (Å²) in [5.41, 5.74) is 1.12. The van der Waals surface area contributed by atoms with Gasteiger partial charge in [0.15, 0.2) is 11.5 Å². The van der Waals surface area contributed by atoms with E-state index in [1.807, 2.05) is 31.2 Å². The molecule has 0 atom stereocenters. The van der Waals surface area contributed by atoms with Crippen LogP contribution in [0.15, 0.2) is 47.4 Å². The van der Waals surface area contributed by atoms with E-state index in [1.54, 1.807) is 18.0 Å². The number of piperidine rings is 1. The first-order valence-corrected chi connectivity index (χ1v) is 12.4. The van der Waals surface area contributed by atoms with Gasteiger partial charge in [0.05, 0.1) is 25.7 Å². The quantitative estimate of drug-likeness (QED) is 0.553. The van der Waals surface area contributed by atoms with Crippen LogP contribution in [0, 0.1) is 12.8 Å². The molecule has 9 heteroatoms. The Hall–Kier alpha value is -2.78. The number of methoxy groups -OCH3 is 2. The van der Waals surface area contributed by atoms with Crippen LogP contribution < -0.4 is 14.2 Å². The molecule has 2 aromatic carbocycles. The van der Waals surface area contributed by atoms with E-state index < -0.39 is 10.0 Å². The maximum Gasteiger partial charge on any atom is 0.243 e. The van der Waals surface area contributed by atoms with Crippen molar-refractivity contribution < 1.29 is 27.4 Å². The Labute approximate surface area is 196 Å². The number of nitrogens with zero attached hydrogens (tertiary/aromatic N) is 2. The van der Waals surface area contributed by atoms with Gasteiger partial charge in [-0.2, -0.15) is 4.31 Å². The fourth-order valence-electron chi connectivity index (χ4n) is 3.90. The van der Waals surface area contributed by atoms with Gasteiger partial charge < -0.3 is 19.1 Å². The predicted molar refractivity (Wildman–Crippen MR) is 125 cm³/mol. The molecule has 180 valence electrons. The third kappa shape index (κ3) is 5.97. The van der Waals surface area contributed by atoms with Crippen molar-refractivity contribution >= 4 is 15.9 Å². The monoisotopic (exact) mass is 476 g/mol. The number of hydrogen-bond donors (Lipinski definition) is 0. The van der Waals surface area contributed by atoms with Gasteiger partial charge in [0.25, 0.3) is 0 Å². The van der Waals surface area contributed by atoms with E-state index in [1.165, 1.54) is 30.7 Å². The topological polar surface area (TPSA) is 85.4 Å². The Morgan fingerprint density at radius 2 is 1.76 bits per heavy atom. The normalized spacial score (nSPS) is 15.2. The van der Waals surface area contributed by atoms with Crippen LogP contribution in [0.5, 0.6) is 17.2 Å². The van der Waals surface area contributed by atoms with Gasteiger partial charge in [0.1, 0.15) is 12.4 Å². The second-order valence-corrected chi connectivity index (χ2v) is 10.1. The van der Waals surface area contributed by atoms with Crippen molar-refractivity contribution in [3.63, 3.8) is 0 Å². The van der Waals surface area contributed by atoms with Gasteiger partial charge in [-0.3, -0.25) is 4.79 Å². The van der Waals surface area contributed by atoms with Crippen LogP contribution in [-0.4, -0.2) is 71.0 Å². The Kier molecular flexibility index (Phi) is 8.20. The lowest BCUT2D eigenvalue weighted by Gasteiger charge is -2.32. The molecule has 0 unspecified atom stereocenters. The zero-order valence-corrected chi connectivity index (χ0v) is 20.4. The molecule has 2 aromatic rings. The van der Waals surface area contributed by atoms with Gasteiger partial charge in [-0.05, 0) is 49.6 Å². The van der Waals surface area contributed by atoms with Gasteiger partial charge in [-0.1, -0.05) is 12.1 Å². The molecule has 0 bridgehead atoms. The van der Waals surface area contributed by atoms with Crippen molar-refractivity contribution in [3.05, 3.63) is 48.0 Å². The van der Waals surface area contributed by atoms with Crippen LogP contribution in [0.4, 0.5) is 0 Å². The van der Waals surface area contributed by atoms with Crippen LogP contribution in [0.25, 0.3) is 0 Å². The number of hydrogen-bond acceptors (Lipinski definition) is 6. The molecule has 1 aliphatic heterocycles. The predicted octanol–water partition coefficient (Wildman–Crippen LogP) is 2.95. The minimum atomic E-state index is -3.68. The van der Waals surface area contributed by atoms with Crippen LogP contribution in [0.2, 0.25) is 0 Å². The largest absolute Gasteiger partial charge is 0.493 e. The molecule has 0 spiro atoms. The number of carbonyl (C=O) groups excluding carboxylic acids is 1. The van der Waals surface area contributed by atoms with E-state index in [0.717, 1.165) is 11.3 Å². The highest BCUT2D eigenvalue weighted by Gasteiger charge is 2.33. The van der Waals surface area contributed by atoms with Gasteiger partial charge in [0.2, 0.25) is 15.9 Å². The van der Waals surface area contributed by atoms with E-state index in [-0.39, 0.29) is 16.7 Å². The summed E-state index contributed by atoms with van der Waals surface area (Å²) in [6.07, 6.45) is 0.961. The number of ether oxygens (including phenoxy) is 3. The highest BCUT2D eigenvalue weighted by molar-refractivity contribution is 7.89. The Balaban J connectivity index is 1.53. The van der Waals surface area contributed by atoms with Gasteiger partial charge in [-0.25, -0.2) is 8.42 Å². The van der Waals surface area contributed by atoms with Crippen LogP contribution in [0.3, 0.4) is 0 Å². The number of carbonyl (C=O) groups is 1. The molecule has 0 saturated carbocycles. The minimum Gasteiger partial charge on any atom is -0.493 e. The molecule has 1 heterocycles. The van der Waals surface area contributed by atoms with Crippen molar-refractivity contribution in [3.8, 4) is 17.2 Å². The SMILES string of the molecule is COc1ccc(S(=O)(=O)N2CCC(C(=O)N(C)CCOc3cccc(C)c3)CC2)cc1OC. The van der Waals surface area contributed by atoms with Gasteiger partial charge in [0, 0.05) is 32.1 Å². The minimum absolute atomic E-state index is 0.0195. The van der Waals surface area contributed by atoms with E-state index in [0.29, 0.717) is 50.6 Å². The fourth-order valence-corrected chi connectivity index (χ4v) is 5.38. The summed E-state index contributed by atoms with van der Waals surface area (Å²) in [7, 11) is 1.04. The molecule has 1 aliphatic rings. The molecule has 0 aromatic heterocycles. The fraction of sp³-hybridized carbons (Fsp3) is 0.458. The molecule has 1 saturated heterocycles. The summed E-state index contributed by atoms with van der Waals surface area (Å²) in [4.78, 5) is 14.7. The molecular formula is C24H32N2O6S. The molecule has 1 fully saturated rings. The zero-order valence-electron chi connectivity index (χ0n) is 19.6. The molecule has 8 nitrogen and oxygen atoms in total. The summed E-state index contributed by atoms with van der Waals surface area (Å²) in [6.45, 7) is 3.46. The Bertz CT molecular complexity index is 1060. The molecule has 0 N–H and O–H groups in total. The van der Waals surface area contributed by atoms with Crippen LogP contribution in [-0.2, 0) is 14.8 Å². The van der Waals surface area contributed by atoms with E-state index in [9.17, 15) is 13.2 Å². The molecular weight excluding hydrogens is 444 g/mol. The van der Waals surface area contributed by atoms with Gasteiger partial charge >= 0.3 is 0 Å². The third-order valence-electron chi connectivity index (χ3n) is 5.86. The lowest BCUT2D eigenvalue weighted by Crippen LogP contribution is -2.44. The first-order chi connectivity index (χ1) is 15.8. The van der Waals surface area contributed by atoms with Crippen molar-refractivity contribution in [1.29, 1.82) is 0 Å². The van der Waals surface area contributed by atoms with E-state index in [4.69, 9.17) is 14.2 Å². The summed E-state index contributed by atoms with van der Waals surface area (Å²) in [5, 5.41) is 0. The van der Waals surface area contributed by atoms with Crippen LogP contribution in [0.1, 0.15) is 18.4 Å². The number of rotatable bonds is 9. The van der Waals surface area contributed by atoms with Crippen molar-refractivity contribution in [2.24, 2.45) is 5.92 Å². The number of amides is 1. The smallest absolute Gasteiger partial charge is 0.243 e. The lowest BCUT2D eigenvalue weighted by molar-refractivity contribution is -0.135. The number of aryl methyl sites for hydroxylation is 1. The van der Waals surface area contributed by atoms with E-state index >= 15 is 0 Å². The maximum atomic E-state index is 13.1. The highest BCUT2D eigenvalue weighted by atomic mass is 32.2. The zero-order chi connectivity index (χ0) is 24.0. The summed E-state index contributed by atoms with van der Waals surface area (Å²) in [5.74, 6) is 1.43. The average molecular weight is 477 g/mol.